The predicted molar refractivity (Wildman–Crippen MR) is 80.1 cm³/mol. The third-order valence-electron chi connectivity index (χ3n) is 4.10. The van der Waals surface area contributed by atoms with Gasteiger partial charge in [0.05, 0.1) is 6.04 Å². The highest BCUT2D eigenvalue weighted by Crippen LogP contribution is 2.33. The maximum Gasteiger partial charge on any atom is 0.276 e. The molecule has 1 atom stereocenters. The number of aromatic nitrogens is 1. The molecule has 1 unspecified atom stereocenters. The topological polar surface area (TPSA) is 46.3 Å². The molecule has 0 spiro atoms. The van der Waals surface area contributed by atoms with Crippen LogP contribution < -0.4 is 0 Å². The van der Waals surface area contributed by atoms with Gasteiger partial charge in [-0.15, -0.1) is 0 Å². The van der Waals surface area contributed by atoms with Crippen molar-refractivity contribution in [1.82, 2.24) is 10.1 Å². The monoisotopic (exact) mass is 284 g/mol. The first-order valence-electron chi connectivity index (χ1n) is 7.52. The molecular weight excluding hydrogens is 264 g/mol. The summed E-state index contributed by atoms with van der Waals surface area (Å²) in [6.07, 6.45) is 2.79. The van der Waals surface area contributed by atoms with Crippen molar-refractivity contribution in [3.8, 4) is 0 Å². The summed E-state index contributed by atoms with van der Waals surface area (Å²) in [7, 11) is 0. The molecule has 110 valence electrons. The minimum absolute atomic E-state index is 0.0264. The van der Waals surface area contributed by atoms with E-state index in [2.05, 4.69) is 36.3 Å². The molecule has 0 radical (unpaired) electrons. The zero-order valence-electron chi connectivity index (χ0n) is 12.5. The van der Waals surface area contributed by atoms with E-state index in [9.17, 15) is 4.79 Å². The van der Waals surface area contributed by atoms with Crippen molar-refractivity contribution >= 4 is 5.91 Å². The Balaban J connectivity index is 1.83. The van der Waals surface area contributed by atoms with E-state index in [0.29, 0.717) is 5.69 Å². The third-order valence-corrected chi connectivity index (χ3v) is 4.10. The van der Waals surface area contributed by atoms with Crippen molar-refractivity contribution in [1.29, 1.82) is 0 Å². The lowest BCUT2D eigenvalue weighted by Gasteiger charge is -2.24. The predicted octanol–water partition coefficient (Wildman–Crippen LogP) is 3.52. The molecular formula is C17H20N2O2. The van der Waals surface area contributed by atoms with Crippen LogP contribution in [0.15, 0.2) is 34.9 Å². The Kier molecular flexibility index (Phi) is 3.78. The number of rotatable bonds is 3. The van der Waals surface area contributed by atoms with Crippen molar-refractivity contribution in [3.63, 3.8) is 0 Å². The van der Waals surface area contributed by atoms with Crippen LogP contribution in [0.4, 0.5) is 0 Å². The van der Waals surface area contributed by atoms with Crippen LogP contribution >= 0.6 is 0 Å². The first-order chi connectivity index (χ1) is 10.2. The molecule has 4 nitrogen and oxygen atoms in total. The van der Waals surface area contributed by atoms with Crippen LogP contribution in [0.1, 0.15) is 53.2 Å². The van der Waals surface area contributed by atoms with E-state index in [1.165, 1.54) is 11.1 Å². The van der Waals surface area contributed by atoms with Gasteiger partial charge in [-0.05, 0) is 25.3 Å². The summed E-state index contributed by atoms with van der Waals surface area (Å²) in [6, 6.07) is 10.3. The largest absolute Gasteiger partial charge is 0.361 e. The Labute approximate surface area is 124 Å². The number of aryl methyl sites for hydroxylation is 2. The van der Waals surface area contributed by atoms with Crippen LogP contribution in [0.25, 0.3) is 0 Å². The molecule has 1 fully saturated rings. The van der Waals surface area contributed by atoms with Crippen LogP contribution in [-0.4, -0.2) is 22.5 Å². The number of hydrogen-bond acceptors (Lipinski definition) is 3. The molecule has 1 saturated heterocycles. The molecule has 1 aromatic carbocycles. The van der Waals surface area contributed by atoms with Gasteiger partial charge in [-0.1, -0.05) is 41.9 Å². The first kappa shape index (κ1) is 13.9. The number of hydrogen-bond donors (Lipinski definition) is 0. The first-order valence-corrected chi connectivity index (χ1v) is 7.52. The van der Waals surface area contributed by atoms with E-state index in [1.54, 1.807) is 6.07 Å². The summed E-state index contributed by atoms with van der Waals surface area (Å²) in [4.78, 5) is 14.5. The fourth-order valence-electron chi connectivity index (χ4n) is 2.87. The second kappa shape index (κ2) is 5.72. The van der Waals surface area contributed by atoms with E-state index in [1.807, 2.05) is 11.8 Å². The van der Waals surface area contributed by atoms with E-state index in [0.717, 1.165) is 31.6 Å². The van der Waals surface area contributed by atoms with Crippen molar-refractivity contribution in [2.24, 2.45) is 0 Å². The summed E-state index contributed by atoms with van der Waals surface area (Å²) < 4.78 is 5.15. The summed E-state index contributed by atoms with van der Waals surface area (Å²) in [5.74, 6) is 0.728. The molecule has 1 aromatic heterocycles. The smallest absolute Gasteiger partial charge is 0.276 e. The minimum Gasteiger partial charge on any atom is -0.361 e. The van der Waals surface area contributed by atoms with Gasteiger partial charge in [-0.25, -0.2) is 0 Å². The van der Waals surface area contributed by atoms with Gasteiger partial charge >= 0.3 is 0 Å². The van der Waals surface area contributed by atoms with Gasteiger partial charge in [0.25, 0.3) is 5.91 Å². The summed E-state index contributed by atoms with van der Waals surface area (Å²) >= 11 is 0. The lowest BCUT2D eigenvalue weighted by Crippen LogP contribution is -2.30. The summed E-state index contributed by atoms with van der Waals surface area (Å²) in [5.41, 5.74) is 2.86. The van der Waals surface area contributed by atoms with Crippen LogP contribution in [0, 0.1) is 6.92 Å². The zero-order valence-corrected chi connectivity index (χ0v) is 12.5. The second-order valence-corrected chi connectivity index (χ2v) is 5.60. The Hall–Kier alpha value is -2.10. The fraction of sp³-hybridized carbons (Fsp3) is 0.412. The number of nitrogens with zero attached hydrogens (tertiary/aromatic N) is 2. The van der Waals surface area contributed by atoms with E-state index in [4.69, 9.17) is 4.52 Å². The van der Waals surface area contributed by atoms with E-state index in [-0.39, 0.29) is 11.9 Å². The number of carbonyl (C=O) groups is 1. The van der Waals surface area contributed by atoms with Gasteiger partial charge in [0, 0.05) is 19.0 Å². The fourth-order valence-corrected chi connectivity index (χ4v) is 2.87. The quantitative estimate of drug-likeness (QED) is 0.866. The molecule has 2 aromatic rings. The molecule has 1 aliphatic rings. The van der Waals surface area contributed by atoms with Crippen molar-refractivity contribution in [3.05, 3.63) is 52.9 Å². The zero-order chi connectivity index (χ0) is 14.8. The molecule has 0 saturated carbocycles. The van der Waals surface area contributed by atoms with E-state index < -0.39 is 0 Å². The Bertz CT molecular complexity index is 630. The Morgan fingerprint density at radius 2 is 2.14 bits per heavy atom. The molecule has 4 heteroatoms. The average Bonchev–Trinajstić information content (AvgIpc) is 3.16. The van der Waals surface area contributed by atoms with Gasteiger partial charge in [0.15, 0.2) is 5.69 Å². The van der Waals surface area contributed by atoms with Crippen molar-refractivity contribution < 1.29 is 9.32 Å². The van der Waals surface area contributed by atoms with Gasteiger partial charge < -0.3 is 9.42 Å². The highest BCUT2D eigenvalue weighted by Gasteiger charge is 2.31. The normalized spacial score (nSPS) is 18.2. The van der Waals surface area contributed by atoms with Crippen molar-refractivity contribution in [2.45, 2.75) is 39.2 Å². The average molecular weight is 284 g/mol. The molecule has 3 rings (SSSR count). The highest BCUT2D eigenvalue weighted by molar-refractivity contribution is 5.92. The van der Waals surface area contributed by atoms with Gasteiger partial charge in [0.2, 0.25) is 0 Å². The minimum atomic E-state index is -0.0264. The maximum absolute atomic E-state index is 12.6. The van der Waals surface area contributed by atoms with Crippen LogP contribution in [0.2, 0.25) is 0 Å². The molecule has 21 heavy (non-hydrogen) atoms. The highest BCUT2D eigenvalue weighted by atomic mass is 16.5. The van der Waals surface area contributed by atoms with Gasteiger partial charge in [-0.2, -0.15) is 0 Å². The number of carbonyl (C=O) groups excluding carboxylic acids is 1. The SMILES string of the molecule is CCc1cc(C(=O)N2CCCC2c2ccc(C)cc2)no1. The lowest BCUT2D eigenvalue weighted by molar-refractivity contribution is 0.0725. The van der Waals surface area contributed by atoms with Gasteiger partial charge in [-0.3, -0.25) is 4.79 Å². The number of amides is 1. The maximum atomic E-state index is 12.6. The van der Waals surface area contributed by atoms with Crippen LogP contribution in [0.5, 0.6) is 0 Å². The third kappa shape index (κ3) is 2.71. The number of likely N-dealkylation sites (tertiary alicyclic amines) is 1. The molecule has 1 amide bonds. The summed E-state index contributed by atoms with van der Waals surface area (Å²) in [5, 5.41) is 3.91. The molecule has 0 N–H and O–H groups in total. The molecule has 0 aliphatic carbocycles. The molecule has 2 heterocycles. The molecule has 0 bridgehead atoms. The molecule has 1 aliphatic heterocycles. The van der Waals surface area contributed by atoms with Crippen LogP contribution in [0.3, 0.4) is 0 Å². The van der Waals surface area contributed by atoms with Crippen molar-refractivity contribution in [2.75, 3.05) is 6.54 Å². The Morgan fingerprint density at radius 1 is 1.38 bits per heavy atom. The standard InChI is InChI=1S/C17H20N2O2/c1-3-14-11-15(18-21-14)17(20)19-10-4-5-16(19)13-8-6-12(2)7-9-13/h6-9,11,16H,3-5,10H2,1-2H3. The van der Waals surface area contributed by atoms with E-state index >= 15 is 0 Å². The van der Waals surface area contributed by atoms with Crippen LogP contribution in [-0.2, 0) is 6.42 Å². The summed E-state index contributed by atoms with van der Waals surface area (Å²) in [6.45, 7) is 4.84. The lowest BCUT2D eigenvalue weighted by atomic mass is 10.0. The second-order valence-electron chi connectivity index (χ2n) is 5.60. The Morgan fingerprint density at radius 3 is 2.81 bits per heavy atom. The number of benzene rings is 1. The van der Waals surface area contributed by atoms with Gasteiger partial charge in [0.1, 0.15) is 5.76 Å².